The lowest BCUT2D eigenvalue weighted by Crippen LogP contribution is -2.35. The second-order valence-electron chi connectivity index (χ2n) is 6.08. The van der Waals surface area contributed by atoms with Gasteiger partial charge in [0.15, 0.2) is 0 Å². The topological polar surface area (TPSA) is 49.4 Å². The number of carbonyl (C=O) groups is 2. The molecule has 0 radical (unpaired) electrons. The molecule has 4 nitrogen and oxygen atoms in total. The number of benzene rings is 1. The van der Waals surface area contributed by atoms with Crippen molar-refractivity contribution in [1.29, 1.82) is 0 Å². The van der Waals surface area contributed by atoms with Crippen LogP contribution in [0.4, 0.5) is 5.69 Å². The summed E-state index contributed by atoms with van der Waals surface area (Å²) < 4.78 is 0. The van der Waals surface area contributed by atoms with E-state index in [1.807, 2.05) is 12.1 Å². The number of hydrogen-bond acceptors (Lipinski definition) is 3. The second kappa shape index (κ2) is 5.68. The van der Waals surface area contributed by atoms with Crippen LogP contribution in [0.25, 0.3) is 0 Å². The number of carbonyl (C=O) groups excluding carboxylic acids is 2. The Hall–Kier alpha value is -1.55. The van der Waals surface area contributed by atoms with E-state index in [1.165, 1.54) is 4.90 Å². The van der Waals surface area contributed by atoms with Gasteiger partial charge >= 0.3 is 0 Å². The zero-order valence-corrected chi connectivity index (χ0v) is 12.8. The van der Waals surface area contributed by atoms with E-state index in [-0.39, 0.29) is 30.3 Å². The lowest BCUT2D eigenvalue weighted by molar-refractivity contribution is -0.139. The number of nitrogens with zero attached hydrogens (tertiary/aromatic N) is 1. The van der Waals surface area contributed by atoms with Gasteiger partial charge in [0.1, 0.15) is 0 Å². The first-order valence-corrected chi connectivity index (χ1v) is 7.78. The minimum absolute atomic E-state index is 0.0154. The molecule has 2 fully saturated rings. The minimum Gasteiger partial charge on any atom is -0.367 e. The highest BCUT2D eigenvalue weighted by Crippen LogP contribution is 2.40. The molecule has 0 bridgehead atoms. The fourth-order valence-electron chi connectivity index (χ4n) is 3.35. The molecule has 1 N–H and O–H groups in total. The van der Waals surface area contributed by atoms with E-state index in [0.717, 1.165) is 24.9 Å². The van der Waals surface area contributed by atoms with Crippen molar-refractivity contribution in [2.24, 2.45) is 17.8 Å². The molecule has 1 aromatic carbocycles. The third-order valence-electron chi connectivity index (χ3n) is 4.56. The lowest BCUT2D eigenvalue weighted by Gasteiger charge is -2.25. The number of nitrogens with one attached hydrogen (secondary N) is 1. The number of anilines is 1. The molecule has 21 heavy (non-hydrogen) atoms. The number of hydrogen-bond donors (Lipinski definition) is 1. The molecule has 2 amide bonds. The molecule has 3 rings (SSSR count). The van der Waals surface area contributed by atoms with Crippen LogP contribution in [0.5, 0.6) is 0 Å². The third kappa shape index (κ3) is 2.77. The van der Waals surface area contributed by atoms with Gasteiger partial charge in [-0.3, -0.25) is 14.5 Å². The molecule has 1 aliphatic heterocycles. The highest BCUT2D eigenvalue weighted by atomic mass is 35.5. The van der Waals surface area contributed by atoms with Crippen LogP contribution in [0.2, 0.25) is 5.02 Å². The fourth-order valence-corrected chi connectivity index (χ4v) is 3.48. The highest BCUT2D eigenvalue weighted by Gasteiger charge is 2.49. The number of halogens is 1. The van der Waals surface area contributed by atoms with Crippen LogP contribution in [0.1, 0.15) is 26.2 Å². The van der Waals surface area contributed by atoms with Gasteiger partial charge in [0, 0.05) is 10.7 Å². The van der Waals surface area contributed by atoms with Crippen molar-refractivity contribution in [3.05, 3.63) is 29.3 Å². The number of rotatable bonds is 3. The van der Waals surface area contributed by atoms with Crippen molar-refractivity contribution in [2.45, 2.75) is 26.2 Å². The Balaban J connectivity index is 1.67. The standard InChI is InChI=1S/C16H19ClN2O2/c1-10-2-7-13-14(8-10)16(21)19(15(13)20)9-18-12-5-3-11(17)4-6-12/h3-6,10,13-14,18H,2,7-9H2,1H3/t10-,13-,14+/m1/s1. The number of imide groups is 1. The predicted molar refractivity (Wildman–Crippen MR) is 81.8 cm³/mol. The molecule has 0 unspecified atom stereocenters. The average molecular weight is 307 g/mol. The highest BCUT2D eigenvalue weighted by molar-refractivity contribution is 6.30. The molecule has 0 spiro atoms. The number of fused-ring (bicyclic) bond motifs is 1. The van der Waals surface area contributed by atoms with Crippen molar-refractivity contribution < 1.29 is 9.59 Å². The molecule has 5 heteroatoms. The largest absolute Gasteiger partial charge is 0.367 e. The van der Waals surface area contributed by atoms with Gasteiger partial charge in [-0.2, -0.15) is 0 Å². The summed E-state index contributed by atoms with van der Waals surface area (Å²) in [4.78, 5) is 26.2. The fraction of sp³-hybridized carbons (Fsp3) is 0.500. The van der Waals surface area contributed by atoms with Gasteiger partial charge in [-0.1, -0.05) is 18.5 Å². The van der Waals surface area contributed by atoms with Crippen molar-refractivity contribution in [3.63, 3.8) is 0 Å². The summed E-state index contributed by atoms with van der Waals surface area (Å²) in [5.41, 5.74) is 0.850. The lowest BCUT2D eigenvalue weighted by atomic mass is 9.76. The molecular weight excluding hydrogens is 288 g/mol. The average Bonchev–Trinajstić information content (AvgIpc) is 2.70. The van der Waals surface area contributed by atoms with E-state index < -0.39 is 0 Å². The van der Waals surface area contributed by atoms with Crippen LogP contribution in [-0.4, -0.2) is 23.4 Å². The van der Waals surface area contributed by atoms with Gasteiger partial charge in [-0.15, -0.1) is 0 Å². The maximum atomic E-state index is 12.4. The summed E-state index contributed by atoms with van der Waals surface area (Å²) in [6, 6.07) is 7.23. The summed E-state index contributed by atoms with van der Waals surface area (Å²) in [5.74, 6) is 0.303. The van der Waals surface area contributed by atoms with Crippen molar-refractivity contribution in [3.8, 4) is 0 Å². The summed E-state index contributed by atoms with van der Waals surface area (Å²) in [6.07, 6.45) is 2.72. The Morgan fingerprint density at radius 2 is 1.81 bits per heavy atom. The SMILES string of the molecule is C[C@@H]1CC[C@H]2C(=O)N(CNc3ccc(Cl)cc3)C(=O)[C@H]2C1. The van der Waals surface area contributed by atoms with E-state index in [2.05, 4.69) is 12.2 Å². The van der Waals surface area contributed by atoms with Gasteiger partial charge in [0.2, 0.25) is 11.8 Å². The maximum absolute atomic E-state index is 12.4. The van der Waals surface area contributed by atoms with Gasteiger partial charge in [-0.05, 0) is 49.4 Å². The number of amides is 2. The Morgan fingerprint density at radius 1 is 1.14 bits per heavy atom. The first-order chi connectivity index (χ1) is 10.1. The summed E-state index contributed by atoms with van der Waals surface area (Å²) >= 11 is 5.84. The van der Waals surface area contributed by atoms with Gasteiger partial charge in [0.25, 0.3) is 0 Å². The predicted octanol–water partition coefficient (Wildman–Crippen LogP) is 3.13. The molecule has 1 aromatic rings. The Labute approximate surface area is 129 Å². The molecule has 1 aliphatic carbocycles. The van der Waals surface area contributed by atoms with Gasteiger partial charge in [0.05, 0.1) is 18.5 Å². The van der Waals surface area contributed by atoms with Gasteiger partial charge < -0.3 is 5.32 Å². The van der Waals surface area contributed by atoms with Crippen molar-refractivity contribution in [2.75, 3.05) is 12.0 Å². The molecule has 0 aromatic heterocycles. The Morgan fingerprint density at radius 3 is 2.52 bits per heavy atom. The van der Waals surface area contributed by atoms with E-state index in [4.69, 9.17) is 11.6 Å². The molecule has 3 atom stereocenters. The van der Waals surface area contributed by atoms with Crippen molar-refractivity contribution >= 4 is 29.1 Å². The van der Waals surface area contributed by atoms with Crippen molar-refractivity contribution in [1.82, 2.24) is 4.90 Å². The van der Waals surface area contributed by atoms with E-state index in [1.54, 1.807) is 12.1 Å². The number of likely N-dealkylation sites (tertiary alicyclic amines) is 1. The first kappa shape index (κ1) is 14.4. The van der Waals surface area contributed by atoms with Crippen LogP contribution < -0.4 is 5.32 Å². The third-order valence-corrected chi connectivity index (χ3v) is 4.82. The molecule has 112 valence electrons. The van der Waals surface area contributed by atoms with E-state index in [0.29, 0.717) is 10.9 Å². The smallest absolute Gasteiger partial charge is 0.234 e. The van der Waals surface area contributed by atoms with E-state index in [9.17, 15) is 9.59 Å². The zero-order valence-electron chi connectivity index (χ0n) is 12.0. The van der Waals surface area contributed by atoms with Crippen LogP contribution in [-0.2, 0) is 9.59 Å². The van der Waals surface area contributed by atoms with Gasteiger partial charge in [-0.25, -0.2) is 0 Å². The molecule has 1 saturated carbocycles. The van der Waals surface area contributed by atoms with E-state index >= 15 is 0 Å². The van der Waals surface area contributed by atoms with Crippen LogP contribution in [0.3, 0.4) is 0 Å². The molecule has 2 aliphatic rings. The molecule has 1 heterocycles. The minimum atomic E-state index is -0.103. The monoisotopic (exact) mass is 306 g/mol. The van der Waals surface area contributed by atoms with Crippen LogP contribution >= 0.6 is 11.6 Å². The zero-order chi connectivity index (χ0) is 15.0. The summed E-state index contributed by atoms with van der Waals surface area (Å²) in [7, 11) is 0. The quantitative estimate of drug-likeness (QED) is 0.873. The Bertz CT molecular complexity index is 558. The first-order valence-electron chi connectivity index (χ1n) is 7.41. The summed E-state index contributed by atoms with van der Waals surface area (Å²) in [5, 5.41) is 3.78. The second-order valence-corrected chi connectivity index (χ2v) is 6.51. The maximum Gasteiger partial charge on any atom is 0.234 e. The van der Waals surface area contributed by atoms with Crippen LogP contribution in [0.15, 0.2) is 24.3 Å². The normalized spacial score (nSPS) is 28.7. The molecule has 1 saturated heterocycles. The van der Waals surface area contributed by atoms with Crippen LogP contribution in [0, 0.1) is 17.8 Å². The Kier molecular flexibility index (Phi) is 3.89. The molecular formula is C16H19ClN2O2. The summed E-state index contributed by atoms with van der Waals surface area (Å²) in [6.45, 7) is 2.39.